The van der Waals surface area contributed by atoms with Crippen LogP contribution in [0.25, 0.3) is 10.2 Å². The highest BCUT2D eigenvalue weighted by Gasteiger charge is 2.34. The van der Waals surface area contributed by atoms with Crippen molar-refractivity contribution in [2.24, 2.45) is 0 Å². The molecule has 0 spiro atoms. The molecule has 1 fully saturated rings. The van der Waals surface area contributed by atoms with E-state index in [1.165, 1.54) is 28.8 Å². The second-order valence-corrected chi connectivity index (χ2v) is 8.79. The molecule has 1 N–H and O–H groups in total. The minimum Gasteiger partial charge on any atom is -0.480 e. The zero-order valence-electron chi connectivity index (χ0n) is 15.7. The minimum absolute atomic E-state index is 0.484. The number of carboxylic acids is 1. The van der Waals surface area contributed by atoms with E-state index in [1.54, 1.807) is 11.3 Å². The molecule has 0 radical (unpaired) electrons. The molecule has 5 nitrogen and oxygen atoms in total. The fourth-order valence-electron chi connectivity index (χ4n) is 4.52. The Morgan fingerprint density at radius 2 is 1.96 bits per heavy atom. The van der Waals surface area contributed by atoms with E-state index in [-0.39, 0.29) is 0 Å². The smallest absolute Gasteiger partial charge is 0.326 e. The van der Waals surface area contributed by atoms with Gasteiger partial charge in [-0.3, -0.25) is 0 Å². The van der Waals surface area contributed by atoms with Crippen LogP contribution < -0.4 is 4.90 Å². The molecule has 5 rings (SSSR count). The molecule has 0 saturated carbocycles. The van der Waals surface area contributed by atoms with E-state index < -0.39 is 12.0 Å². The number of hydrogen-bond acceptors (Lipinski definition) is 5. The van der Waals surface area contributed by atoms with Gasteiger partial charge in [0.2, 0.25) is 0 Å². The summed E-state index contributed by atoms with van der Waals surface area (Å²) in [5.74, 6) is 0.876. The van der Waals surface area contributed by atoms with Gasteiger partial charge in [-0.05, 0) is 49.7 Å². The van der Waals surface area contributed by atoms with Gasteiger partial charge in [0.25, 0.3) is 0 Å². The van der Waals surface area contributed by atoms with Crippen LogP contribution in [0, 0.1) is 0 Å². The molecule has 144 valence electrons. The SMILES string of the molecule is O=C(O)C1CCCN1c1nc(Cc2ccccc2)nc2sc3c(c12)CCCC3. The first-order chi connectivity index (χ1) is 13.7. The minimum atomic E-state index is -0.752. The molecule has 2 aliphatic rings. The molecule has 1 aliphatic carbocycles. The van der Waals surface area contributed by atoms with Crippen LogP contribution in [-0.2, 0) is 24.1 Å². The second kappa shape index (κ2) is 7.17. The lowest BCUT2D eigenvalue weighted by Gasteiger charge is -2.24. The summed E-state index contributed by atoms with van der Waals surface area (Å²) in [5, 5.41) is 10.8. The van der Waals surface area contributed by atoms with Crippen molar-refractivity contribution in [2.45, 2.75) is 51.0 Å². The average molecular weight is 394 g/mol. The first-order valence-corrected chi connectivity index (χ1v) is 10.9. The Kier molecular flexibility index (Phi) is 4.51. The van der Waals surface area contributed by atoms with Gasteiger partial charge in [0.15, 0.2) is 0 Å². The molecular weight excluding hydrogens is 370 g/mol. The van der Waals surface area contributed by atoms with Gasteiger partial charge >= 0.3 is 5.97 Å². The summed E-state index contributed by atoms with van der Waals surface area (Å²) in [6.45, 7) is 0.748. The average Bonchev–Trinajstić information content (AvgIpc) is 3.33. The summed E-state index contributed by atoms with van der Waals surface area (Å²) in [4.78, 5) is 26.2. The maximum absolute atomic E-state index is 11.8. The van der Waals surface area contributed by atoms with Crippen molar-refractivity contribution in [2.75, 3.05) is 11.4 Å². The number of anilines is 1. The standard InChI is InChI=1S/C22H23N3O2S/c26-22(27)16-10-6-12-25(16)20-19-15-9-4-5-11-17(15)28-21(19)24-18(23-20)13-14-7-2-1-3-8-14/h1-3,7-8,16H,4-6,9-13H2,(H,26,27). The number of aliphatic carboxylic acids is 1. The van der Waals surface area contributed by atoms with Crippen LogP contribution in [-0.4, -0.2) is 33.6 Å². The third-order valence-corrected chi connectivity index (χ3v) is 7.04. The highest BCUT2D eigenvalue weighted by molar-refractivity contribution is 7.19. The van der Waals surface area contributed by atoms with Crippen LogP contribution in [0.2, 0.25) is 0 Å². The van der Waals surface area contributed by atoms with Crippen LogP contribution in [0.1, 0.15) is 47.5 Å². The monoisotopic (exact) mass is 393 g/mol. The third kappa shape index (κ3) is 3.05. The van der Waals surface area contributed by atoms with Crippen LogP contribution in [0.5, 0.6) is 0 Å². The Morgan fingerprint density at radius 1 is 1.14 bits per heavy atom. The number of benzene rings is 1. The van der Waals surface area contributed by atoms with Gasteiger partial charge in [-0.2, -0.15) is 0 Å². The lowest BCUT2D eigenvalue weighted by Crippen LogP contribution is -2.36. The zero-order chi connectivity index (χ0) is 19.1. The fraction of sp³-hybridized carbons (Fsp3) is 0.409. The molecule has 1 aromatic carbocycles. The van der Waals surface area contributed by atoms with Crippen molar-refractivity contribution in [3.05, 3.63) is 52.2 Å². The van der Waals surface area contributed by atoms with Crippen molar-refractivity contribution >= 4 is 33.3 Å². The van der Waals surface area contributed by atoms with Crippen molar-refractivity contribution < 1.29 is 9.90 Å². The molecule has 0 bridgehead atoms. The van der Waals surface area contributed by atoms with Crippen LogP contribution >= 0.6 is 11.3 Å². The first kappa shape index (κ1) is 17.6. The molecule has 1 atom stereocenters. The second-order valence-electron chi connectivity index (χ2n) is 7.71. The Morgan fingerprint density at radius 3 is 2.79 bits per heavy atom. The number of carboxylic acid groups (broad SMARTS) is 1. The number of nitrogens with zero attached hydrogens (tertiary/aromatic N) is 3. The number of carbonyl (C=O) groups is 1. The zero-order valence-corrected chi connectivity index (χ0v) is 16.5. The van der Waals surface area contributed by atoms with Gasteiger partial charge in [-0.15, -0.1) is 11.3 Å². The van der Waals surface area contributed by atoms with E-state index >= 15 is 0 Å². The third-order valence-electron chi connectivity index (χ3n) is 5.86. The largest absolute Gasteiger partial charge is 0.480 e. The molecule has 28 heavy (non-hydrogen) atoms. The van der Waals surface area contributed by atoms with Gasteiger partial charge in [-0.1, -0.05) is 30.3 Å². The van der Waals surface area contributed by atoms with Crippen molar-refractivity contribution in [1.82, 2.24) is 9.97 Å². The van der Waals surface area contributed by atoms with Crippen LogP contribution in [0.4, 0.5) is 5.82 Å². The molecule has 2 aromatic heterocycles. The van der Waals surface area contributed by atoms with Crippen LogP contribution in [0.3, 0.4) is 0 Å². The topological polar surface area (TPSA) is 66.3 Å². The molecule has 1 aliphatic heterocycles. The number of aryl methyl sites for hydroxylation is 2. The molecule has 3 aromatic rings. The number of hydrogen-bond donors (Lipinski definition) is 1. The van der Waals surface area contributed by atoms with Gasteiger partial charge in [0, 0.05) is 17.8 Å². The number of aromatic nitrogens is 2. The maximum Gasteiger partial charge on any atom is 0.326 e. The summed E-state index contributed by atoms with van der Waals surface area (Å²) in [6.07, 6.45) is 6.80. The summed E-state index contributed by atoms with van der Waals surface area (Å²) < 4.78 is 0. The van der Waals surface area contributed by atoms with E-state index in [1.807, 2.05) is 23.1 Å². The van der Waals surface area contributed by atoms with Crippen molar-refractivity contribution in [1.29, 1.82) is 0 Å². The van der Waals surface area contributed by atoms with Gasteiger partial charge < -0.3 is 10.0 Å². The molecule has 0 amide bonds. The van der Waals surface area contributed by atoms with Gasteiger partial charge in [0.05, 0.1) is 5.39 Å². The lowest BCUT2D eigenvalue weighted by atomic mass is 9.96. The van der Waals surface area contributed by atoms with Gasteiger partial charge in [0.1, 0.15) is 22.5 Å². The number of fused-ring (bicyclic) bond motifs is 3. The molecular formula is C22H23N3O2S. The Balaban J connectivity index is 1.66. The summed E-state index contributed by atoms with van der Waals surface area (Å²) >= 11 is 1.78. The summed E-state index contributed by atoms with van der Waals surface area (Å²) in [5.41, 5.74) is 2.54. The number of rotatable bonds is 4. The van der Waals surface area contributed by atoms with Gasteiger partial charge in [-0.25, -0.2) is 14.8 Å². The highest BCUT2D eigenvalue weighted by atomic mass is 32.1. The summed E-state index contributed by atoms with van der Waals surface area (Å²) in [6, 6.07) is 9.75. The molecule has 1 saturated heterocycles. The van der Waals surface area contributed by atoms with E-state index in [2.05, 4.69) is 12.1 Å². The molecule has 6 heteroatoms. The fourth-order valence-corrected chi connectivity index (χ4v) is 5.80. The first-order valence-electron chi connectivity index (χ1n) is 10.1. The molecule has 3 heterocycles. The van der Waals surface area contributed by atoms with E-state index in [4.69, 9.17) is 9.97 Å². The van der Waals surface area contributed by atoms with Crippen molar-refractivity contribution in [3.63, 3.8) is 0 Å². The predicted octanol–water partition coefficient (Wildman–Crippen LogP) is 4.21. The highest BCUT2D eigenvalue weighted by Crippen LogP contribution is 2.41. The van der Waals surface area contributed by atoms with E-state index in [0.29, 0.717) is 12.8 Å². The van der Waals surface area contributed by atoms with Crippen molar-refractivity contribution in [3.8, 4) is 0 Å². The quantitative estimate of drug-likeness (QED) is 0.719. The number of thiophene rings is 1. The Bertz CT molecular complexity index is 1030. The van der Waals surface area contributed by atoms with Crippen LogP contribution in [0.15, 0.2) is 30.3 Å². The van der Waals surface area contributed by atoms with E-state index in [9.17, 15) is 9.90 Å². The Hall–Kier alpha value is -2.47. The van der Waals surface area contributed by atoms with E-state index in [0.717, 1.165) is 47.7 Å². The Labute approximate surface area is 168 Å². The maximum atomic E-state index is 11.8. The lowest BCUT2D eigenvalue weighted by molar-refractivity contribution is -0.138. The molecule has 1 unspecified atom stereocenters. The summed E-state index contributed by atoms with van der Waals surface area (Å²) in [7, 11) is 0. The predicted molar refractivity (Wildman–Crippen MR) is 111 cm³/mol. The normalized spacial score (nSPS) is 19.1.